The van der Waals surface area contributed by atoms with Crippen molar-refractivity contribution in [1.82, 2.24) is 9.99 Å². The third kappa shape index (κ3) is 4.18. The summed E-state index contributed by atoms with van der Waals surface area (Å²) in [7, 11) is 0. The second-order valence-corrected chi connectivity index (χ2v) is 7.77. The van der Waals surface area contributed by atoms with Crippen molar-refractivity contribution in [3.63, 3.8) is 0 Å². The fraction of sp³-hybridized carbons (Fsp3) is 0.120. The number of hydrogen-bond donors (Lipinski definition) is 2. The molecule has 1 fully saturated rings. The molecular formula is C25H22N4O4. The fourth-order valence-electron chi connectivity index (χ4n) is 3.68. The maximum Gasteiger partial charge on any atom is 0.335 e. The van der Waals surface area contributed by atoms with Gasteiger partial charge in [-0.15, -0.1) is 0 Å². The number of nitrogens with zero attached hydrogens (tertiary/aromatic N) is 2. The van der Waals surface area contributed by atoms with Crippen LogP contribution in [0.25, 0.3) is 6.08 Å². The van der Waals surface area contributed by atoms with Crippen molar-refractivity contribution in [3.8, 4) is 0 Å². The van der Waals surface area contributed by atoms with Gasteiger partial charge in [-0.3, -0.25) is 29.8 Å². The number of benzene rings is 2. The third-order valence-corrected chi connectivity index (χ3v) is 5.38. The van der Waals surface area contributed by atoms with Gasteiger partial charge in [-0.05, 0) is 68.3 Å². The van der Waals surface area contributed by atoms with E-state index in [2.05, 4.69) is 10.7 Å². The highest BCUT2D eigenvalue weighted by molar-refractivity contribution is 6.39. The number of urea groups is 1. The molecule has 166 valence electrons. The van der Waals surface area contributed by atoms with Crippen molar-refractivity contribution in [2.75, 3.05) is 10.3 Å². The molecule has 1 saturated heterocycles. The monoisotopic (exact) mass is 442 g/mol. The molecule has 0 bridgehead atoms. The fourth-order valence-corrected chi connectivity index (χ4v) is 3.68. The SMILES string of the molecule is Cc1cccc(N2C(=O)NC(=O)/C(=C\c3cc(C)n(NC(=O)c4ccccc4)c3C)C2=O)c1. The van der Waals surface area contributed by atoms with Gasteiger partial charge >= 0.3 is 6.03 Å². The van der Waals surface area contributed by atoms with Gasteiger partial charge in [-0.25, -0.2) is 9.69 Å². The number of rotatable bonds is 4. The summed E-state index contributed by atoms with van der Waals surface area (Å²) in [5, 5.41) is 2.23. The number of carbonyl (C=O) groups excluding carboxylic acids is 4. The Hall–Kier alpha value is -4.46. The first-order valence-electron chi connectivity index (χ1n) is 10.3. The summed E-state index contributed by atoms with van der Waals surface area (Å²) in [4.78, 5) is 51.5. The topological polar surface area (TPSA) is 101 Å². The Balaban J connectivity index is 1.67. The molecular weight excluding hydrogens is 420 g/mol. The molecule has 2 aromatic carbocycles. The van der Waals surface area contributed by atoms with Gasteiger partial charge in [0.15, 0.2) is 0 Å². The molecule has 2 N–H and O–H groups in total. The molecule has 8 heteroatoms. The van der Waals surface area contributed by atoms with Crippen LogP contribution in [-0.4, -0.2) is 28.4 Å². The van der Waals surface area contributed by atoms with Gasteiger partial charge in [-0.1, -0.05) is 30.3 Å². The van der Waals surface area contributed by atoms with E-state index < -0.39 is 17.8 Å². The van der Waals surface area contributed by atoms with Crippen LogP contribution in [-0.2, 0) is 9.59 Å². The molecule has 1 aliphatic heterocycles. The summed E-state index contributed by atoms with van der Waals surface area (Å²) in [6.45, 7) is 5.40. The lowest BCUT2D eigenvalue weighted by Crippen LogP contribution is -2.54. The quantitative estimate of drug-likeness (QED) is 0.477. The Morgan fingerprint density at radius 1 is 0.939 bits per heavy atom. The van der Waals surface area contributed by atoms with E-state index >= 15 is 0 Å². The molecule has 1 aliphatic rings. The van der Waals surface area contributed by atoms with Crippen molar-refractivity contribution in [2.45, 2.75) is 20.8 Å². The number of imide groups is 2. The van der Waals surface area contributed by atoms with E-state index in [0.717, 1.165) is 10.5 Å². The van der Waals surface area contributed by atoms with Crippen molar-refractivity contribution in [2.24, 2.45) is 0 Å². The van der Waals surface area contributed by atoms with E-state index in [-0.39, 0.29) is 11.5 Å². The van der Waals surface area contributed by atoms with E-state index in [9.17, 15) is 19.2 Å². The number of aryl methyl sites for hydroxylation is 2. The van der Waals surface area contributed by atoms with Gasteiger partial charge in [0.1, 0.15) is 5.57 Å². The molecule has 1 aromatic heterocycles. The molecule has 0 aliphatic carbocycles. The highest BCUT2D eigenvalue weighted by atomic mass is 16.2. The number of amides is 5. The number of aromatic nitrogens is 1. The average molecular weight is 442 g/mol. The normalized spacial score (nSPS) is 15.1. The summed E-state index contributed by atoms with van der Waals surface area (Å²) in [6, 6.07) is 16.6. The summed E-state index contributed by atoms with van der Waals surface area (Å²) < 4.78 is 1.59. The predicted molar refractivity (Wildman–Crippen MR) is 124 cm³/mol. The summed E-state index contributed by atoms with van der Waals surface area (Å²) >= 11 is 0. The van der Waals surface area contributed by atoms with Gasteiger partial charge in [-0.2, -0.15) is 0 Å². The molecule has 2 heterocycles. The van der Waals surface area contributed by atoms with Crippen molar-refractivity contribution >= 4 is 35.5 Å². The zero-order chi connectivity index (χ0) is 23.7. The largest absolute Gasteiger partial charge is 0.335 e. The number of nitrogens with one attached hydrogen (secondary N) is 2. The molecule has 0 unspecified atom stereocenters. The van der Waals surface area contributed by atoms with Crippen LogP contribution in [0.4, 0.5) is 10.5 Å². The highest BCUT2D eigenvalue weighted by Crippen LogP contribution is 2.24. The summed E-state index contributed by atoms with van der Waals surface area (Å²) in [6.07, 6.45) is 1.43. The Morgan fingerprint density at radius 2 is 1.67 bits per heavy atom. The highest BCUT2D eigenvalue weighted by Gasteiger charge is 2.37. The molecule has 5 amide bonds. The van der Waals surface area contributed by atoms with E-state index in [1.165, 1.54) is 6.08 Å². The molecule has 33 heavy (non-hydrogen) atoms. The number of barbiturate groups is 1. The van der Waals surface area contributed by atoms with Crippen molar-refractivity contribution in [1.29, 1.82) is 0 Å². The molecule has 0 atom stereocenters. The zero-order valence-electron chi connectivity index (χ0n) is 18.4. The number of hydrogen-bond acceptors (Lipinski definition) is 4. The van der Waals surface area contributed by atoms with Gasteiger partial charge in [0.05, 0.1) is 5.69 Å². The van der Waals surface area contributed by atoms with Crippen LogP contribution in [0, 0.1) is 20.8 Å². The molecule has 0 radical (unpaired) electrons. The minimum atomic E-state index is -0.798. The summed E-state index contributed by atoms with van der Waals surface area (Å²) in [5.41, 5.74) is 6.29. The maximum atomic E-state index is 13.1. The minimum absolute atomic E-state index is 0.175. The molecule has 0 saturated carbocycles. The Kier molecular flexibility index (Phi) is 5.66. The van der Waals surface area contributed by atoms with Crippen LogP contribution in [0.2, 0.25) is 0 Å². The van der Waals surface area contributed by atoms with Gasteiger partial charge in [0, 0.05) is 17.0 Å². The Bertz CT molecular complexity index is 1320. The second kappa shape index (κ2) is 8.58. The van der Waals surface area contributed by atoms with Gasteiger partial charge in [0.2, 0.25) is 0 Å². The van der Waals surface area contributed by atoms with Crippen LogP contribution in [0.15, 0.2) is 66.2 Å². The van der Waals surface area contributed by atoms with Crippen LogP contribution in [0.3, 0.4) is 0 Å². The third-order valence-electron chi connectivity index (χ3n) is 5.38. The maximum absolute atomic E-state index is 13.1. The van der Waals surface area contributed by atoms with Crippen molar-refractivity contribution < 1.29 is 19.2 Å². The Morgan fingerprint density at radius 3 is 2.36 bits per heavy atom. The van der Waals surface area contributed by atoms with E-state index in [1.54, 1.807) is 67.1 Å². The minimum Gasteiger partial charge on any atom is -0.273 e. The van der Waals surface area contributed by atoms with E-state index in [4.69, 9.17) is 0 Å². The first kappa shape index (κ1) is 21.8. The molecule has 3 aromatic rings. The van der Waals surface area contributed by atoms with E-state index in [1.807, 2.05) is 19.1 Å². The van der Waals surface area contributed by atoms with E-state index in [0.29, 0.717) is 28.2 Å². The smallest absolute Gasteiger partial charge is 0.273 e. The molecule has 4 rings (SSSR count). The van der Waals surface area contributed by atoms with Crippen LogP contribution in [0.1, 0.15) is 32.9 Å². The Labute approximate surface area is 190 Å². The average Bonchev–Trinajstić information content (AvgIpc) is 3.04. The number of carbonyl (C=O) groups is 4. The predicted octanol–water partition coefficient (Wildman–Crippen LogP) is 3.46. The molecule has 0 spiro atoms. The molecule has 8 nitrogen and oxygen atoms in total. The van der Waals surface area contributed by atoms with Crippen LogP contribution >= 0.6 is 0 Å². The lowest BCUT2D eigenvalue weighted by molar-refractivity contribution is -0.122. The van der Waals surface area contributed by atoms with Gasteiger partial charge in [0.25, 0.3) is 17.7 Å². The first-order chi connectivity index (χ1) is 15.8. The lowest BCUT2D eigenvalue weighted by Gasteiger charge is -2.26. The lowest BCUT2D eigenvalue weighted by atomic mass is 10.1. The van der Waals surface area contributed by atoms with Gasteiger partial charge < -0.3 is 0 Å². The number of anilines is 1. The first-order valence-corrected chi connectivity index (χ1v) is 10.3. The second-order valence-electron chi connectivity index (χ2n) is 7.77. The van der Waals surface area contributed by atoms with Crippen LogP contribution in [0.5, 0.6) is 0 Å². The van der Waals surface area contributed by atoms with Crippen LogP contribution < -0.4 is 15.6 Å². The summed E-state index contributed by atoms with van der Waals surface area (Å²) in [5.74, 6) is -1.78. The van der Waals surface area contributed by atoms with Crippen molar-refractivity contribution in [3.05, 3.63) is 94.3 Å². The zero-order valence-corrected chi connectivity index (χ0v) is 18.4. The standard InChI is InChI=1S/C25H22N4O4/c1-15-8-7-11-20(12-15)28-24(32)21(23(31)26-25(28)33)14-19-13-16(2)29(17(19)3)27-22(30)18-9-5-4-6-10-18/h4-14H,1-3H3,(H,27,30)(H,26,31,33)/b21-14+.